The first-order chi connectivity index (χ1) is 3.79. The molecule has 0 aromatic carbocycles. The van der Waals surface area contributed by atoms with Crippen LogP contribution in [0, 0.1) is 0 Å². The summed E-state index contributed by atoms with van der Waals surface area (Å²) in [4.78, 5) is 3.85. The van der Waals surface area contributed by atoms with Crippen molar-refractivity contribution in [1.82, 2.24) is 5.43 Å². The number of hydrogen-bond acceptors (Lipinski definition) is 3. The van der Waals surface area contributed by atoms with Gasteiger partial charge in [0.25, 0.3) is 0 Å². The van der Waals surface area contributed by atoms with E-state index >= 15 is 0 Å². The summed E-state index contributed by atoms with van der Waals surface area (Å²) < 4.78 is 0. The first-order valence-corrected chi connectivity index (χ1v) is 2.32. The Morgan fingerprint density at radius 3 is 2.88 bits per heavy atom. The highest BCUT2D eigenvalue weighted by Crippen LogP contribution is 1.89. The van der Waals surface area contributed by atoms with Crippen LogP contribution in [-0.2, 0) is 0 Å². The van der Waals surface area contributed by atoms with Crippen LogP contribution in [0.3, 0.4) is 0 Å². The van der Waals surface area contributed by atoms with Crippen molar-refractivity contribution in [2.45, 2.75) is 6.92 Å². The third-order valence-corrected chi connectivity index (χ3v) is 0.769. The first kappa shape index (κ1) is 5.03. The van der Waals surface area contributed by atoms with Gasteiger partial charge in [-0.1, -0.05) is 6.58 Å². The molecule has 0 unspecified atom stereocenters. The van der Waals surface area contributed by atoms with Crippen LogP contribution in [0.2, 0.25) is 0 Å². The van der Waals surface area contributed by atoms with E-state index in [-0.39, 0.29) is 0 Å². The molecule has 1 heterocycles. The fourth-order valence-corrected chi connectivity index (χ4v) is 0.382. The number of rotatable bonds is 0. The summed E-state index contributed by atoms with van der Waals surface area (Å²) in [5.74, 6) is 0.593. The van der Waals surface area contributed by atoms with E-state index in [1.165, 1.54) is 0 Å². The van der Waals surface area contributed by atoms with Crippen molar-refractivity contribution in [3.63, 3.8) is 0 Å². The topological polar surface area (TPSA) is 36.8 Å². The largest absolute Gasteiger partial charge is 0.262 e. The van der Waals surface area contributed by atoms with Gasteiger partial charge in [0, 0.05) is 0 Å². The third-order valence-electron chi connectivity index (χ3n) is 0.769. The lowest BCUT2D eigenvalue weighted by Crippen LogP contribution is -2.12. The molecule has 1 N–H and O–H groups in total. The van der Waals surface area contributed by atoms with E-state index in [1.54, 1.807) is 6.21 Å². The Hall–Kier alpha value is -1.12. The SMILES string of the molecule is C=C1N=CC(C)=NN1. The maximum absolute atomic E-state index is 3.85. The zero-order chi connectivity index (χ0) is 5.98. The number of hydrogen-bond donors (Lipinski definition) is 1. The van der Waals surface area contributed by atoms with Gasteiger partial charge in [0.2, 0.25) is 0 Å². The molecular weight excluding hydrogens is 102 g/mol. The van der Waals surface area contributed by atoms with Gasteiger partial charge in [-0.25, -0.2) is 4.99 Å². The average Bonchev–Trinajstić information content (AvgIpc) is 1.77. The van der Waals surface area contributed by atoms with Crippen molar-refractivity contribution in [3.05, 3.63) is 12.4 Å². The maximum Gasteiger partial charge on any atom is 0.138 e. The van der Waals surface area contributed by atoms with Crippen molar-refractivity contribution in [2.75, 3.05) is 0 Å². The second kappa shape index (κ2) is 1.78. The van der Waals surface area contributed by atoms with Crippen LogP contribution >= 0.6 is 0 Å². The van der Waals surface area contributed by atoms with Gasteiger partial charge < -0.3 is 0 Å². The van der Waals surface area contributed by atoms with Gasteiger partial charge in [-0.15, -0.1) is 0 Å². The number of nitrogens with one attached hydrogen (secondary N) is 1. The number of aliphatic imine (C=N–C) groups is 1. The fraction of sp³-hybridized carbons (Fsp3) is 0.200. The van der Waals surface area contributed by atoms with E-state index in [1.807, 2.05) is 6.92 Å². The Kier molecular flexibility index (Phi) is 1.12. The van der Waals surface area contributed by atoms with E-state index in [0.29, 0.717) is 5.82 Å². The van der Waals surface area contributed by atoms with Crippen molar-refractivity contribution < 1.29 is 0 Å². The Morgan fingerprint density at radius 2 is 2.50 bits per heavy atom. The second-order valence-electron chi connectivity index (χ2n) is 1.57. The second-order valence-corrected chi connectivity index (χ2v) is 1.57. The molecule has 0 spiro atoms. The Morgan fingerprint density at radius 1 is 1.75 bits per heavy atom. The summed E-state index contributed by atoms with van der Waals surface area (Å²) in [6.07, 6.45) is 1.67. The van der Waals surface area contributed by atoms with E-state index in [4.69, 9.17) is 0 Å². The zero-order valence-corrected chi connectivity index (χ0v) is 4.68. The van der Waals surface area contributed by atoms with E-state index in [9.17, 15) is 0 Å². The van der Waals surface area contributed by atoms with Crippen LogP contribution in [0.15, 0.2) is 22.5 Å². The molecule has 0 radical (unpaired) electrons. The molecule has 0 aliphatic carbocycles. The van der Waals surface area contributed by atoms with Crippen molar-refractivity contribution in [1.29, 1.82) is 0 Å². The average molecular weight is 109 g/mol. The molecule has 0 atom stereocenters. The minimum Gasteiger partial charge on any atom is -0.262 e. The highest BCUT2D eigenvalue weighted by atomic mass is 15.3. The van der Waals surface area contributed by atoms with Crippen LogP contribution in [0.4, 0.5) is 0 Å². The van der Waals surface area contributed by atoms with E-state index in [2.05, 4.69) is 22.1 Å². The highest BCUT2D eigenvalue weighted by molar-refractivity contribution is 6.29. The molecule has 1 aliphatic heterocycles. The molecule has 1 aliphatic rings. The summed E-state index contributed by atoms with van der Waals surface area (Å²) in [7, 11) is 0. The molecule has 0 saturated carbocycles. The summed E-state index contributed by atoms with van der Waals surface area (Å²) in [5.41, 5.74) is 3.50. The predicted octanol–water partition coefficient (Wildman–Crippen LogP) is 0.508. The van der Waals surface area contributed by atoms with Gasteiger partial charge in [-0.05, 0) is 6.92 Å². The molecule has 0 saturated heterocycles. The molecule has 0 bridgehead atoms. The van der Waals surface area contributed by atoms with Gasteiger partial charge in [0.15, 0.2) is 0 Å². The van der Waals surface area contributed by atoms with Gasteiger partial charge in [0.05, 0.1) is 11.9 Å². The molecular formula is C5H7N3. The predicted molar refractivity (Wildman–Crippen MR) is 33.9 cm³/mol. The van der Waals surface area contributed by atoms with Crippen LogP contribution in [0.1, 0.15) is 6.92 Å². The molecule has 0 aromatic rings. The van der Waals surface area contributed by atoms with Crippen molar-refractivity contribution >= 4 is 11.9 Å². The van der Waals surface area contributed by atoms with Crippen LogP contribution in [0.5, 0.6) is 0 Å². The van der Waals surface area contributed by atoms with Gasteiger partial charge in [-0.2, -0.15) is 5.10 Å². The lowest BCUT2D eigenvalue weighted by Gasteiger charge is -2.02. The summed E-state index contributed by atoms with van der Waals surface area (Å²) in [6, 6.07) is 0. The first-order valence-electron chi connectivity index (χ1n) is 2.32. The van der Waals surface area contributed by atoms with Crippen LogP contribution in [0.25, 0.3) is 0 Å². The fourth-order valence-electron chi connectivity index (χ4n) is 0.382. The highest BCUT2D eigenvalue weighted by Gasteiger charge is 1.92. The molecule has 3 heteroatoms. The maximum atomic E-state index is 3.85. The molecule has 42 valence electrons. The lowest BCUT2D eigenvalue weighted by atomic mass is 10.5. The van der Waals surface area contributed by atoms with Gasteiger partial charge in [0.1, 0.15) is 5.82 Å². The third kappa shape index (κ3) is 0.932. The summed E-state index contributed by atoms with van der Waals surface area (Å²) in [6.45, 7) is 5.40. The standard InChI is InChI=1S/C5H7N3/c1-4-3-6-5(2)8-7-4/h3,8H,2H2,1H3. The Bertz CT molecular complexity index is 164. The minimum absolute atomic E-state index is 0.593. The normalized spacial score (nSPS) is 17.6. The quantitative estimate of drug-likeness (QED) is 0.483. The lowest BCUT2D eigenvalue weighted by molar-refractivity contribution is 0.871. The van der Waals surface area contributed by atoms with Crippen molar-refractivity contribution in [3.8, 4) is 0 Å². The summed E-state index contributed by atoms with van der Waals surface area (Å²) >= 11 is 0. The number of nitrogens with zero attached hydrogens (tertiary/aromatic N) is 2. The molecule has 1 rings (SSSR count). The molecule has 0 fully saturated rings. The zero-order valence-electron chi connectivity index (χ0n) is 4.68. The van der Waals surface area contributed by atoms with Crippen molar-refractivity contribution in [2.24, 2.45) is 10.1 Å². The number of hydrazone groups is 1. The van der Waals surface area contributed by atoms with Crippen LogP contribution in [-0.4, -0.2) is 11.9 Å². The Balaban J connectivity index is 2.71. The van der Waals surface area contributed by atoms with Gasteiger partial charge in [-0.3, -0.25) is 5.43 Å². The molecule has 3 nitrogen and oxygen atoms in total. The van der Waals surface area contributed by atoms with Gasteiger partial charge >= 0.3 is 0 Å². The van der Waals surface area contributed by atoms with Crippen LogP contribution < -0.4 is 5.43 Å². The molecule has 0 aromatic heterocycles. The monoisotopic (exact) mass is 109 g/mol. The van der Waals surface area contributed by atoms with E-state index < -0.39 is 0 Å². The minimum atomic E-state index is 0.593. The smallest absolute Gasteiger partial charge is 0.138 e. The molecule has 8 heavy (non-hydrogen) atoms. The van der Waals surface area contributed by atoms with E-state index in [0.717, 1.165) is 5.71 Å². The summed E-state index contributed by atoms with van der Waals surface area (Å²) in [5, 5.41) is 3.83. The Labute approximate surface area is 47.8 Å². The molecule has 0 amide bonds.